The molecule has 0 spiro atoms. The van der Waals surface area contributed by atoms with Crippen LogP contribution in [0.4, 0.5) is 0 Å². The number of aromatic amines is 2. The number of fused-ring (bicyclic) bond motifs is 8. The molecule has 2 atom stereocenters. The molecular formula is C35H38N4O5. The number of carbonyl (C=O) groups excluding carboxylic acids is 1. The number of nitrogens with one attached hydrogen (secondary N) is 2. The summed E-state index contributed by atoms with van der Waals surface area (Å²) >= 11 is 0. The summed E-state index contributed by atoms with van der Waals surface area (Å²) in [6.45, 7) is 15.4. The second kappa shape index (κ2) is 11.7. The molecule has 0 aliphatic carbocycles. The molecule has 3 aromatic rings. The number of carboxylic acids is 2. The lowest BCUT2D eigenvalue weighted by Gasteiger charge is -2.17. The smallest absolute Gasteiger partial charge is 0.338 e. The fourth-order valence-corrected chi connectivity index (χ4v) is 6.62. The molecule has 44 heavy (non-hydrogen) atoms. The van der Waals surface area contributed by atoms with Crippen molar-refractivity contribution in [1.29, 1.82) is 0 Å². The molecule has 4 N–H and O–H groups in total. The van der Waals surface area contributed by atoms with Crippen molar-refractivity contribution in [3.05, 3.63) is 75.4 Å². The number of rotatable bonds is 8. The van der Waals surface area contributed by atoms with E-state index in [1.54, 1.807) is 6.92 Å². The molecule has 0 amide bonds. The van der Waals surface area contributed by atoms with Gasteiger partial charge < -0.3 is 20.2 Å². The third-order valence-electron chi connectivity index (χ3n) is 9.04. The molecule has 0 unspecified atom stereocenters. The van der Waals surface area contributed by atoms with Gasteiger partial charge in [0.15, 0.2) is 0 Å². The van der Waals surface area contributed by atoms with Gasteiger partial charge in [0.25, 0.3) is 0 Å². The Morgan fingerprint density at radius 1 is 0.955 bits per heavy atom. The number of allylic oxidation sites excluding steroid dienone is 1. The number of aliphatic carboxylic acids is 2. The Morgan fingerprint density at radius 2 is 1.64 bits per heavy atom. The Labute approximate surface area is 255 Å². The molecule has 228 valence electrons. The number of hydrogen-bond acceptors (Lipinski definition) is 5. The third kappa shape index (κ3) is 5.27. The predicted octanol–water partition coefficient (Wildman–Crippen LogP) is 7.04. The first-order chi connectivity index (χ1) is 20.9. The van der Waals surface area contributed by atoms with Crippen LogP contribution in [0.3, 0.4) is 0 Å². The Kier molecular flexibility index (Phi) is 8.16. The average Bonchev–Trinajstić information content (AvgIpc) is 3.63. The zero-order valence-electron chi connectivity index (χ0n) is 26.0. The van der Waals surface area contributed by atoms with Crippen molar-refractivity contribution in [3.63, 3.8) is 0 Å². The fraction of sp³-hybridized carbons (Fsp3) is 0.343. The van der Waals surface area contributed by atoms with Crippen molar-refractivity contribution in [3.8, 4) is 0 Å². The van der Waals surface area contributed by atoms with E-state index in [4.69, 9.17) is 9.97 Å². The highest BCUT2D eigenvalue weighted by molar-refractivity contribution is 6.24. The summed E-state index contributed by atoms with van der Waals surface area (Å²) < 4.78 is 0. The molecule has 2 aliphatic heterocycles. The first kappa shape index (κ1) is 30.7. The number of aromatic nitrogens is 4. The second-order valence-corrected chi connectivity index (χ2v) is 11.8. The molecule has 9 nitrogen and oxygen atoms in total. The monoisotopic (exact) mass is 594 g/mol. The van der Waals surface area contributed by atoms with Gasteiger partial charge >= 0.3 is 11.9 Å². The standard InChI is InChI=1S/C35H38N4O5/c1-8-21-17(4)25-13-27-19(6)23(10-11-31(41)42)33(38-27)24(12-16(3)40)34-32(35(43)44)20(7)28(39-34)15-30-22(9-2)18(5)26(37-30)14-29(21)36-25/h8,13-15,19,23,36-37H,1,9-12H2,2-7H3,(H,41,42)(H,43,44)/t19-,23-/m0/s1. The molecular weight excluding hydrogens is 556 g/mol. The average molecular weight is 595 g/mol. The molecule has 2 aliphatic rings. The van der Waals surface area contributed by atoms with Crippen LogP contribution in [0.1, 0.15) is 103 Å². The van der Waals surface area contributed by atoms with Crippen molar-refractivity contribution >= 4 is 57.0 Å². The number of nitrogens with zero attached hydrogens (tertiary/aromatic N) is 2. The second-order valence-electron chi connectivity index (χ2n) is 11.8. The molecule has 0 saturated carbocycles. The van der Waals surface area contributed by atoms with Crippen molar-refractivity contribution < 1.29 is 24.6 Å². The van der Waals surface area contributed by atoms with Gasteiger partial charge in [-0.1, -0.05) is 26.5 Å². The number of aryl methyl sites for hydroxylation is 3. The largest absolute Gasteiger partial charge is 0.481 e. The van der Waals surface area contributed by atoms with Crippen LogP contribution in [0, 0.1) is 13.8 Å². The molecule has 3 aromatic heterocycles. The first-order valence-corrected chi connectivity index (χ1v) is 14.9. The van der Waals surface area contributed by atoms with Gasteiger partial charge in [-0.25, -0.2) is 9.78 Å². The van der Waals surface area contributed by atoms with E-state index in [0.29, 0.717) is 28.2 Å². The zero-order valence-corrected chi connectivity index (χ0v) is 26.0. The maximum atomic E-state index is 12.7. The quantitative estimate of drug-likeness (QED) is 0.219. The van der Waals surface area contributed by atoms with Crippen LogP contribution in [0.25, 0.3) is 39.3 Å². The van der Waals surface area contributed by atoms with E-state index in [0.717, 1.165) is 50.7 Å². The summed E-state index contributed by atoms with van der Waals surface area (Å²) in [5.74, 6) is -2.80. The summed E-state index contributed by atoms with van der Waals surface area (Å²) in [6.07, 6.45) is 2.68. The van der Waals surface area contributed by atoms with Gasteiger partial charge in [0.05, 0.1) is 22.7 Å². The molecule has 8 bridgehead atoms. The maximum Gasteiger partial charge on any atom is 0.338 e. The van der Waals surface area contributed by atoms with Crippen LogP contribution in [-0.2, 0) is 27.2 Å². The molecule has 5 rings (SSSR count). The summed E-state index contributed by atoms with van der Waals surface area (Å²) in [4.78, 5) is 54.1. The van der Waals surface area contributed by atoms with Crippen LogP contribution < -0.4 is 0 Å². The summed E-state index contributed by atoms with van der Waals surface area (Å²) in [6, 6.07) is 5.90. The van der Waals surface area contributed by atoms with E-state index < -0.39 is 11.9 Å². The number of Topliss-reactive ketones (excluding diaryl/α,β-unsaturated/α-hetero) is 1. The minimum atomic E-state index is -1.15. The number of carboxylic acid groups (broad SMARTS) is 2. The summed E-state index contributed by atoms with van der Waals surface area (Å²) in [5.41, 5.74) is 10.5. The van der Waals surface area contributed by atoms with Crippen molar-refractivity contribution in [2.24, 2.45) is 0 Å². The Morgan fingerprint density at radius 3 is 2.25 bits per heavy atom. The minimum Gasteiger partial charge on any atom is -0.481 e. The Hall–Kier alpha value is -4.79. The molecule has 0 aromatic carbocycles. The maximum absolute atomic E-state index is 12.7. The van der Waals surface area contributed by atoms with Crippen LogP contribution in [0.2, 0.25) is 0 Å². The lowest BCUT2D eigenvalue weighted by Crippen LogP contribution is -2.12. The SMILES string of the molecule is C=Cc1c(C)c2cc3nc(c(CC(C)=O)c4nc(cc5[nH]c(cc1[nH]2)c(C)c5CC)C(C)=C4C(=O)O)[C@@H](CCC(=O)O)[C@@H]3C. The Bertz CT molecular complexity index is 1940. The highest BCUT2D eigenvalue weighted by Crippen LogP contribution is 2.43. The molecule has 5 heterocycles. The lowest BCUT2D eigenvalue weighted by molar-refractivity contribution is -0.137. The van der Waals surface area contributed by atoms with Gasteiger partial charge in [0, 0.05) is 63.6 Å². The van der Waals surface area contributed by atoms with Gasteiger partial charge in [-0.05, 0) is 81.0 Å². The number of hydrogen-bond donors (Lipinski definition) is 4. The van der Waals surface area contributed by atoms with Gasteiger partial charge in [-0.15, -0.1) is 0 Å². The van der Waals surface area contributed by atoms with E-state index in [9.17, 15) is 24.6 Å². The van der Waals surface area contributed by atoms with Crippen LogP contribution in [-0.4, -0.2) is 47.9 Å². The Balaban J connectivity index is 2.04. The number of ketones is 1. The topological polar surface area (TPSA) is 149 Å². The lowest BCUT2D eigenvalue weighted by atomic mass is 9.84. The van der Waals surface area contributed by atoms with Gasteiger partial charge in [-0.2, -0.15) is 0 Å². The highest BCUT2D eigenvalue weighted by Gasteiger charge is 2.35. The van der Waals surface area contributed by atoms with Crippen LogP contribution in [0.5, 0.6) is 0 Å². The highest BCUT2D eigenvalue weighted by atomic mass is 16.4. The predicted molar refractivity (Wildman–Crippen MR) is 172 cm³/mol. The number of H-pyrrole nitrogens is 2. The van der Waals surface area contributed by atoms with Crippen LogP contribution >= 0.6 is 0 Å². The normalized spacial score (nSPS) is 16.3. The van der Waals surface area contributed by atoms with Crippen molar-refractivity contribution in [2.45, 2.75) is 79.1 Å². The van der Waals surface area contributed by atoms with E-state index in [1.165, 1.54) is 6.92 Å². The van der Waals surface area contributed by atoms with Crippen molar-refractivity contribution in [2.75, 3.05) is 0 Å². The first-order valence-electron chi connectivity index (χ1n) is 14.9. The third-order valence-corrected chi connectivity index (χ3v) is 9.04. The molecule has 0 radical (unpaired) electrons. The van der Waals surface area contributed by atoms with E-state index in [-0.39, 0.29) is 48.1 Å². The summed E-state index contributed by atoms with van der Waals surface area (Å²) in [5, 5.41) is 20.0. The van der Waals surface area contributed by atoms with Gasteiger partial charge in [0.2, 0.25) is 0 Å². The fourth-order valence-electron chi connectivity index (χ4n) is 6.62. The van der Waals surface area contributed by atoms with Crippen molar-refractivity contribution in [1.82, 2.24) is 19.9 Å². The molecule has 0 saturated heterocycles. The summed E-state index contributed by atoms with van der Waals surface area (Å²) in [7, 11) is 0. The van der Waals surface area contributed by atoms with E-state index in [1.807, 2.05) is 32.1 Å². The van der Waals surface area contributed by atoms with Crippen LogP contribution in [0.15, 0.2) is 24.8 Å². The van der Waals surface area contributed by atoms with Gasteiger partial charge in [-0.3, -0.25) is 14.6 Å². The molecule has 9 heteroatoms. The number of carbonyl (C=O) groups is 3. The molecule has 0 fully saturated rings. The van der Waals surface area contributed by atoms with E-state index >= 15 is 0 Å². The van der Waals surface area contributed by atoms with E-state index in [2.05, 4.69) is 36.5 Å². The zero-order chi connectivity index (χ0) is 32.0. The van der Waals surface area contributed by atoms with Gasteiger partial charge in [0.1, 0.15) is 5.78 Å². The minimum absolute atomic E-state index is 0.0229.